The van der Waals surface area contributed by atoms with Crippen molar-refractivity contribution in [1.82, 2.24) is 0 Å². The number of amides is 1. The number of carbonyl (C=O) groups excluding carboxylic acids is 1. The lowest BCUT2D eigenvalue weighted by Crippen LogP contribution is -2.32. The second-order valence-corrected chi connectivity index (χ2v) is 8.26. The Morgan fingerprint density at radius 1 is 1.00 bits per heavy atom. The number of hydrogen-bond acceptors (Lipinski definition) is 4. The Morgan fingerprint density at radius 3 is 2.55 bits per heavy atom. The molecule has 1 unspecified atom stereocenters. The summed E-state index contributed by atoms with van der Waals surface area (Å²) < 4.78 is 17.1. The number of nitrogens with one attached hydrogen (secondary N) is 1. The summed E-state index contributed by atoms with van der Waals surface area (Å²) in [6, 6.07) is 23.5. The lowest BCUT2D eigenvalue weighted by Gasteiger charge is -2.32. The van der Waals surface area contributed by atoms with Gasteiger partial charge in [0.15, 0.2) is 0 Å². The highest BCUT2D eigenvalue weighted by molar-refractivity contribution is 5.85. The molecule has 1 aliphatic heterocycles. The van der Waals surface area contributed by atoms with Gasteiger partial charge >= 0.3 is 6.09 Å². The molecular weight excluding hydrogens is 414 g/mol. The molecule has 1 heterocycles. The van der Waals surface area contributed by atoms with E-state index < -0.39 is 6.09 Å². The summed E-state index contributed by atoms with van der Waals surface area (Å²) in [5.41, 5.74) is 3.41. The van der Waals surface area contributed by atoms with Crippen molar-refractivity contribution in [2.45, 2.75) is 38.9 Å². The van der Waals surface area contributed by atoms with Gasteiger partial charge in [-0.3, -0.25) is 5.32 Å². The number of rotatable bonds is 8. The van der Waals surface area contributed by atoms with Gasteiger partial charge in [0.25, 0.3) is 0 Å². The molecule has 1 atom stereocenters. The van der Waals surface area contributed by atoms with E-state index in [1.165, 1.54) is 5.56 Å². The van der Waals surface area contributed by atoms with Crippen LogP contribution in [0.15, 0.2) is 78.9 Å². The molecule has 3 aromatic carbocycles. The van der Waals surface area contributed by atoms with Crippen molar-refractivity contribution < 1.29 is 19.0 Å². The number of ether oxygens (including phenoxy) is 3. The van der Waals surface area contributed by atoms with E-state index >= 15 is 0 Å². The number of hydrogen-bond donors (Lipinski definition) is 1. The van der Waals surface area contributed by atoms with Crippen LogP contribution >= 0.6 is 0 Å². The molecule has 4 rings (SSSR count). The van der Waals surface area contributed by atoms with Crippen LogP contribution in [0.4, 0.5) is 10.5 Å². The van der Waals surface area contributed by atoms with Gasteiger partial charge in [0.2, 0.25) is 0 Å². The molecule has 33 heavy (non-hydrogen) atoms. The van der Waals surface area contributed by atoms with Crippen molar-refractivity contribution in [2.75, 3.05) is 11.9 Å². The Kier molecular flexibility index (Phi) is 6.98. The zero-order valence-corrected chi connectivity index (χ0v) is 19.0. The van der Waals surface area contributed by atoms with Gasteiger partial charge in [0.1, 0.15) is 23.7 Å². The molecule has 0 aromatic heterocycles. The molecule has 5 nitrogen and oxygen atoms in total. The van der Waals surface area contributed by atoms with Crippen LogP contribution in [0.3, 0.4) is 0 Å². The smallest absolute Gasteiger partial charge is 0.411 e. The minimum Gasteiger partial charge on any atom is -0.494 e. The largest absolute Gasteiger partial charge is 0.494 e. The zero-order valence-electron chi connectivity index (χ0n) is 19.0. The Labute approximate surface area is 195 Å². The van der Waals surface area contributed by atoms with Crippen LogP contribution in [0, 0.1) is 0 Å². The molecule has 1 N–H and O–H groups in total. The fourth-order valence-electron chi connectivity index (χ4n) is 3.72. The molecule has 0 radical (unpaired) electrons. The molecule has 0 aliphatic carbocycles. The second kappa shape index (κ2) is 10.3. The molecule has 1 aliphatic rings. The third kappa shape index (κ3) is 6.16. The molecule has 0 saturated heterocycles. The lowest BCUT2D eigenvalue weighted by molar-refractivity contribution is 0.128. The fourth-order valence-corrected chi connectivity index (χ4v) is 3.72. The Morgan fingerprint density at radius 2 is 1.79 bits per heavy atom. The Balaban J connectivity index is 1.30. The summed E-state index contributed by atoms with van der Waals surface area (Å²) in [6.45, 7) is 4.84. The van der Waals surface area contributed by atoms with Gasteiger partial charge in [-0.25, -0.2) is 4.79 Å². The summed E-state index contributed by atoms with van der Waals surface area (Å²) in [6.07, 6.45) is 5.46. The van der Waals surface area contributed by atoms with Crippen molar-refractivity contribution in [3.8, 4) is 11.5 Å². The van der Waals surface area contributed by atoms with Crippen LogP contribution in [-0.2, 0) is 17.8 Å². The first kappa shape index (κ1) is 22.5. The topological polar surface area (TPSA) is 56.8 Å². The highest BCUT2D eigenvalue weighted by atomic mass is 16.5. The van der Waals surface area contributed by atoms with Gasteiger partial charge in [-0.1, -0.05) is 48.5 Å². The van der Waals surface area contributed by atoms with Gasteiger partial charge < -0.3 is 14.2 Å². The number of anilines is 1. The third-order valence-electron chi connectivity index (χ3n) is 5.57. The van der Waals surface area contributed by atoms with Crippen LogP contribution in [0.25, 0.3) is 6.08 Å². The molecule has 0 spiro atoms. The minimum atomic E-state index is -0.503. The number of benzene rings is 3. The van der Waals surface area contributed by atoms with Crippen molar-refractivity contribution in [3.05, 3.63) is 95.6 Å². The molecule has 0 bridgehead atoms. The average Bonchev–Trinajstić information content (AvgIpc) is 2.83. The molecule has 0 fully saturated rings. The van der Waals surface area contributed by atoms with Crippen molar-refractivity contribution in [2.24, 2.45) is 0 Å². The first-order valence-electron chi connectivity index (χ1n) is 11.2. The summed E-state index contributed by atoms with van der Waals surface area (Å²) >= 11 is 0. The van der Waals surface area contributed by atoms with E-state index in [4.69, 9.17) is 14.2 Å². The van der Waals surface area contributed by atoms with Crippen molar-refractivity contribution >= 4 is 17.9 Å². The summed E-state index contributed by atoms with van der Waals surface area (Å²) in [7, 11) is 0. The maximum atomic E-state index is 12.2. The van der Waals surface area contributed by atoms with Gasteiger partial charge in [0, 0.05) is 11.3 Å². The second-order valence-electron chi connectivity index (χ2n) is 8.26. The molecule has 1 amide bonds. The van der Waals surface area contributed by atoms with Gasteiger partial charge in [-0.05, 0) is 74.2 Å². The van der Waals surface area contributed by atoms with E-state index in [0.29, 0.717) is 12.3 Å². The highest BCUT2D eigenvalue weighted by Crippen LogP contribution is 2.35. The van der Waals surface area contributed by atoms with Crippen molar-refractivity contribution in [3.63, 3.8) is 0 Å². The van der Waals surface area contributed by atoms with E-state index in [2.05, 4.69) is 48.7 Å². The quantitative estimate of drug-likeness (QED) is 0.424. The van der Waals surface area contributed by atoms with Crippen LogP contribution in [0.5, 0.6) is 11.5 Å². The predicted octanol–water partition coefficient (Wildman–Crippen LogP) is 6.63. The van der Waals surface area contributed by atoms with E-state index in [-0.39, 0.29) is 12.2 Å². The van der Waals surface area contributed by atoms with Gasteiger partial charge in [-0.2, -0.15) is 0 Å². The van der Waals surface area contributed by atoms with E-state index in [1.54, 1.807) is 0 Å². The van der Waals surface area contributed by atoms with Crippen LogP contribution in [0.2, 0.25) is 0 Å². The van der Waals surface area contributed by atoms with Crippen molar-refractivity contribution in [1.29, 1.82) is 0 Å². The minimum absolute atomic E-state index is 0.186. The summed E-state index contributed by atoms with van der Waals surface area (Å²) in [5.74, 6) is 1.60. The maximum Gasteiger partial charge on any atom is 0.411 e. The molecule has 5 heteroatoms. The lowest BCUT2D eigenvalue weighted by atomic mass is 9.93. The van der Waals surface area contributed by atoms with Crippen LogP contribution in [0.1, 0.15) is 37.0 Å². The monoisotopic (exact) mass is 443 g/mol. The van der Waals surface area contributed by atoms with Crippen LogP contribution < -0.4 is 14.8 Å². The first-order chi connectivity index (χ1) is 16.0. The number of carbonyl (C=O) groups is 1. The maximum absolute atomic E-state index is 12.2. The number of aryl methyl sites for hydroxylation is 1. The summed E-state index contributed by atoms with van der Waals surface area (Å²) in [4.78, 5) is 12.2. The van der Waals surface area contributed by atoms with E-state index in [9.17, 15) is 4.79 Å². The molecule has 0 saturated carbocycles. The zero-order chi connectivity index (χ0) is 23.1. The Hall–Kier alpha value is -3.73. The average molecular weight is 444 g/mol. The summed E-state index contributed by atoms with van der Waals surface area (Å²) in [5, 5.41) is 2.79. The van der Waals surface area contributed by atoms with E-state index in [1.807, 2.05) is 55.5 Å². The molecule has 3 aromatic rings. The fraction of sp³-hybridized carbons (Fsp3) is 0.250. The third-order valence-corrected chi connectivity index (χ3v) is 5.57. The highest BCUT2D eigenvalue weighted by Gasteiger charge is 2.27. The van der Waals surface area contributed by atoms with Crippen LogP contribution in [-0.4, -0.2) is 18.3 Å². The normalized spacial score (nSPS) is 16.4. The number of fused-ring (bicyclic) bond motifs is 1. The predicted molar refractivity (Wildman–Crippen MR) is 131 cm³/mol. The molecule has 170 valence electrons. The SMILES string of the molecule is CCOc1ccc(COC(=O)Nc2ccc3c(c2)C=CC(C)(CCc2ccccc2)O3)cc1. The standard InChI is InChI=1S/C28H29NO4/c1-3-31-25-12-9-22(10-13-25)20-32-27(30)29-24-11-14-26-23(19-24)16-18-28(2,33-26)17-15-21-7-5-4-6-8-21/h4-14,16,18-19H,3,15,17,20H2,1-2H3,(H,29,30). The first-order valence-corrected chi connectivity index (χ1v) is 11.2. The van der Waals surface area contributed by atoms with Gasteiger partial charge in [0.05, 0.1) is 6.61 Å². The van der Waals surface area contributed by atoms with E-state index in [0.717, 1.165) is 35.5 Å². The Bertz CT molecular complexity index is 1110. The van der Waals surface area contributed by atoms with Gasteiger partial charge in [-0.15, -0.1) is 0 Å². The molecular formula is C28H29NO4.